The van der Waals surface area contributed by atoms with Gasteiger partial charge in [0.1, 0.15) is 0 Å². The van der Waals surface area contributed by atoms with Crippen molar-refractivity contribution in [2.24, 2.45) is 0 Å². The van der Waals surface area contributed by atoms with Gasteiger partial charge in [0.15, 0.2) is 0 Å². The van der Waals surface area contributed by atoms with Crippen molar-refractivity contribution in [2.45, 2.75) is 52.2 Å². The molecule has 0 saturated heterocycles. The molecular weight excluding hydrogens is 320 g/mol. The molecular formula is C19H26N2O2S. The molecule has 4 nitrogen and oxygen atoms in total. The van der Waals surface area contributed by atoms with Crippen LogP contribution in [0.15, 0.2) is 30.3 Å². The van der Waals surface area contributed by atoms with Crippen LogP contribution in [0.4, 0.5) is 0 Å². The number of aryl methyl sites for hydroxylation is 1. The molecule has 0 saturated carbocycles. The fourth-order valence-electron chi connectivity index (χ4n) is 2.56. The summed E-state index contributed by atoms with van der Waals surface area (Å²) in [5.74, 6) is 0.313. The average molecular weight is 346 g/mol. The Balaban J connectivity index is 2.07. The molecule has 130 valence electrons. The number of carbonyl (C=O) groups is 1. The zero-order chi connectivity index (χ0) is 17.9. The number of hydrogen-bond donors (Lipinski definition) is 1. The van der Waals surface area contributed by atoms with Gasteiger partial charge in [0, 0.05) is 17.8 Å². The second-order valence-electron chi connectivity index (χ2n) is 6.47. The molecule has 0 aliphatic rings. The van der Waals surface area contributed by atoms with Gasteiger partial charge < -0.3 is 10.0 Å². The van der Waals surface area contributed by atoms with E-state index in [-0.39, 0.29) is 18.4 Å². The monoisotopic (exact) mass is 346 g/mol. The number of amides is 1. The molecule has 5 heteroatoms. The standard InChI is InChI=1S/C19H26N2O2S/c1-12(2)19-20-13(3)18(24-19)14(4)21(5)17(23)11-16(22)15-9-7-6-8-10-15/h6-10,12,14,16,22H,11H2,1-5H3. The number of aromatic nitrogens is 1. The van der Waals surface area contributed by atoms with Gasteiger partial charge in [0.05, 0.1) is 29.3 Å². The minimum Gasteiger partial charge on any atom is -0.388 e. The van der Waals surface area contributed by atoms with Gasteiger partial charge in [-0.25, -0.2) is 4.98 Å². The van der Waals surface area contributed by atoms with Crippen LogP contribution >= 0.6 is 11.3 Å². The Morgan fingerprint density at radius 3 is 2.42 bits per heavy atom. The SMILES string of the molecule is Cc1nc(C(C)C)sc1C(C)N(C)C(=O)CC(O)c1ccccc1. The third kappa shape index (κ3) is 4.22. The van der Waals surface area contributed by atoms with Crippen LogP contribution in [0, 0.1) is 6.92 Å². The van der Waals surface area contributed by atoms with E-state index in [0.29, 0.717) is 5.92 Å². The third-order valence-corrected chi connectivity index (χ3v) is 5.88. The molecule has 0 fully saturated rings. The maximum absolute atomic E-state index is 12.5. The lowest BCUT2D eigenvalue weighted by molar-refractivity contribution is -0.133. The van der Waals surface area contributed by atoms with Gasteiger partial charge in [0.25, 0.3) is 0 Å². The van der Waals surface area contributed by atoms with Crippen LogP contribution in [-0.4, -0.2) is 27.9 Å². The Morgan fingerprint density at radius 2 is 1.88 bits per heavy atom. The number of hydrogen-bond acceptors (Lipinski definition) is 4. The van der Waals surface area contributed by atoms with Crippen molar-refractivity contribution in [3.63, 3.8) is 0 Å². The summed E-state index contributed by atoms with van der Waals surface area (Å²) in [5.41, 5.74) is 1.75. The van der Waals surface area contributed by atoms with E-state index in [0.717, 1.165) is 21.1 Å². The predicted octanol–water partition coefficient (Wildman–Crippen LogP) is 4.22. The Bertz CT molecular complexity index is 682. The van der Waals surface area contributed by atoms with E-state index in [4.69, 9.17) is 0 Å². The fraction of sp³-hybridized carbons (Fsp3) is 0.474. The van der Waals surface area contributed by atoms with Crippen molar-refractivity contribution in [3.05, 3.63) is 51.5 Å². The number of nitrogens with zero attached hydrogens (tertiary/aromatic N) is 2. The number of benzene rings is 1. The summed E-state index contributed by atoms with van der Waals surface area (Å²) in [5, 5.41) is 11.4. The molecule has 0 aliphatic carbocycles. The summed E-state index contributed by atoms with van der Waals surface area (Å²) < 4.78 is 0. The third-order valence-electron chi connectivity index (χ3n) is 4.25. The van der Waals surface area contributed by atoms with Crippen molar-refractivity contribution in [1.29, 1.82) is 0 Å². The highest BCUT2D eigenvalue weighted by Crippen LogP contribution is 2.32. The second-order valence-corrected chi connectivity index (χ2v) is 7.53. The lowest BCUT2D eigenvalue weighted by Gasteiger charge is -2.25. The zero-order valence-corrected chi connectivity index (χ0v) is 15.8. The summed E-state index contributed by atoms with van der Waals surface area (Å²) in [6, 6.07) is 9.25. The Kier molecular flexibility index (Phi) is 6.13. The Labute approximate surface area is 148 Å². The maximum Gasteiger partial charge on any atom is 0.225 e. The molecule has 1 N–H and O–H groups in total. The lowest BCUT2D eigenvalue weighted by atomic mass is 10.1. The first-order chi connectivity index (χ1) is 11.3. The Morgan fingerprint density at radius 1 is 1.25 bits per heavy atom. The molecule has 0 bridgehead atoms. The van der Waals surface area contributed by atoms with Crippen LogP contribution in [0.1, 0.15) is 66.4 Å². The maximum atomic E-state index is 12.5. The van der Waals surface area contributed by atoms with Crippen molar-refractivity contribution in [1.82, 2.24) is 9.88 Å². The largest absolute Gasteiger partial charge is 0.388 e. The molecule has 0 aliphatic heterocycles. The molecule has 2 rings (SSSR count). The van der Waals surface area contributed by atoms with Gasteiger partial charge in [-0.1, -0.05) is 44.2 Å². The van der Waals surface area contributed by atoms with Crippen molar-refractivity contribution in [2.75, 3.05) is 7.05 Å². The minimum absolute atomic E-state index is 0.0505. The number of aliphatic hydroxyl groups excluding tert-OH is 1. The second kappa shape index (κ2) is 7.90. The van der Waals surface area contributed by atoms with Gasteiger partial charge in [-0.15, -0.1) is 11.3 Å². The van der Waals surface area contributed by atoms with Gasteiger partial charge >= 0.3 is 0 Å². The van der Waals surface area contributed by atoms with Crippen LogP contribution in [0.25, 0.3) is 0 Å². The topological polar surface area (TPSA) is 53.4 Å². The first kappa shape index (κ1) is 18.6. The summed E-state index contributed by atoms with van der Waals surface area (Å²) in [4.78, 5) is 20.0. The molecule has 2 unspecified atom stereocenters. The molecule has 1 heterocycles. The molecule has 1 aromatic carbocycles. The van der Waals surface area contributed by atoms with Crippen LogP contribution in [0.2, 0.25) is 0 Å². The summed E-state index contributed by atoms with van der Waals surface area (Å²) >= 11 is 1.67. The number of rotatable bonds is 6. The quantitative estimate of drug-likeness (QED) is 0.852. The van der Waals surface area contributed by atoms with E-state index in [2.05, 4.69) is 18.8 Å². The summed E-state index contributed by atoms with van der Waals surface area (Å²) in [6.45, 7) is 8.25. The van der Waals surface area contributed by atoms with E-state index in [1.54, 1.807) is 23.3 Å². The minimum atomic E-state index is -0.776. The van der Waals surface area contributed by atoms with Gasteiger partial charge in [0.2, 0.25) is 5.91 Å². The fourth-order valence-corrected chi connectivity index (χ4v) is 3.72. The molecule has 2 atom stereocenters. The van der Waals surface area contributed by atoms with E-state index in [1.807, 2.05) is 44.2 Å². The lowest BCUT2D eigenvalue weighted by Crippen LogP contribution is -2.30. The number of carbonyl (C=O) groups excluding carboxylic acids is 1. The highest BCUT2D eigenvalue weighted by Gasteiger charge is 2.24. The molecule has 2 aromatic rings. The van der Waals surface area contributed by atoms with E-state index in [1.165, 1.54) is 0 Å². The molecule has 1 amide bonds. The van der Waals surface area contributed by atoms with Crippen LogP contribution < -0.4 is 0 Å². The first-order valence-corrected chi connectivity index (χ1v) is 9.08. The first-order valence-electron chi connectivity index (χ1n) is 8.27. The Hall–Kier alpha value is -1.72. The number of aliphatic hydroxyl groups is 1. The zero-order valence-electron chi connectivity index (χ0n) is 15.0. The van der Waals surface area contributed by atoms with E-state index in [9.17, 15) is 9.90 Å². The van der Waals surface area contributed by atoms with Gasteiger partial charge in [-0.05, 0) is 19.4 Å². The highest BCUT2D eigenvalue weighted by molar-refractivity contribution is 7.11. The normalized spacial score (nSPS) is 13.8. The van der Waals surface area contributed by atoms with Crippen molar-refractivity contribution < 1.29 is 9.90 Å². The van der Waals surface area contributed by atoms with Crippen LogP contribution in [0.5, 0.6) is 0 Å². The molecule has 24 heavy (non-hydrogen) atoms. The summed E-state index contributed by atoms with van der Waals surface area (Å²) in [7, 11) is 1.79. The smallest absolute Gasteiger partial charge is 0.225 e. The number of thiazole rings is 1. The molecule has 0 radical (unpaired) electrons. The average Bonchev–Trinajstić information content (AvgIpc) is 2.96. The molecule has 0 spiro atoms. The summed E-state index contributed by atoms with van der Waals surface area (Å²) in [6.07, 6.45) is -0.693. The van der Waals surface area contributed by atoms with Crippen molar-refractivity contribution >= 4 is 17.2 Å². The van der Waals surface area contributed by atoms with Crippen LogP contribution in [0.3, 0.4) is 0 Å². The van der Waals surface area contributed by atoms with Gasteiger partial charge in [-0.2, -0.15) is 0 Å². The molecule has 1 aromatic heterocycles. The van der Waals surface area contributed by atoms with Crippen molar-refractivity contribution in [3.8, 4) is 0 Å². The van der Waals surface area contributed by atoms with Crippen LogP contribution in [-0.2, 0) is 4.79 Å². The van der Waals surface area contributed by atoms with Gasteiger partial charge in [-0.3, -0.25) is 4.79 Å². The van der Waals surface area contributed by atoms with E-state index >= 15 is 0 Å². The highest BCUT2D eigenvalue weighted by atomic mass is 32.1. The van der Waals surface area contributed by atoms with E-state index < -0.39 is 6.10 Å². The predicted molar refractivity (Wildman–Crippen MR) is 98.1 cm³/mol.